The normalized spacial score (nSPS) is 10.9. The van der Waals surface area contributed by atoms with Crippen LogP contribution in [-0.4, -0.2) is 6.29 Å². The molecule has 0 heterocycles. The van der Waals surface area contributed by atoms with Crippen LogP contribution >= 0.6 is 0 Å². The van der Waals surface area contributed by atoms with Crippen molar-refractivity contribution in [3.8, 4) is 0 Å². The van der Waals surface area contributed by atoms with Gasteiger partial charge in [-0.2, -0.15) is 0 Å². The molecular formula is C12H15N3O. The molecule has 0 spiro atoms. The Morgan fingerprint density at radius 2 is 1.94 bits per heavy atom. The topological polar surface area (TPSA) is 95.1 Å². The van der Waals surface area contributed by atoms with Crippen molar-refractivity contribution in [2.24, 2.45) is 17.2 Å². The third-order valence-electron chi connectivity index (χ3n) is 2.03. The molecular weight excluding hydrogens is 202 g/mol. The van der Waals surface area contributed by atoms with Gasteiger partial charge in [0.15, 0.2) is 0 Å². The largest absolute Gasteiger partial charge is 0.398 e. The summed E-state index contributed by atoms with van der Waals surface area (Å²) in [6, 6.07) is 7.45. The smallest absolute Gasteiger partial charge is 0.124 e. The second-order valence-electron chi connectivity index (χ2n) is 3.36. The Labute approximate surface area is 94.4 Å². The van der Waals surface area contributed by atoms with Gasteiger partial charge < -0.3 is 22.0 Å². The highest BCUT2D eigenvalue weighted by Crippen LogP contribution is 2.11. The molecule has 6 N–H and O–H groups in total. The van der Waals surface area contributed by atoms with E-state index in [4.69, 9.17) is 17.2 Å². The van der Waals surface area contributed by atoms with E-state index in [0.717, 1.165) is 17.4 Å². The molecule has 0 aliphatic heterocycles. The predicted molar refractivity (Wildman–Crippen MR) is 64.8 cm³/mol. The molecule has 0 saturated carbocycles. The lowest BCUT2D eigenvalue weighted by atomic mass is 10.1. The molecule has 0 saturated heterocycles. The molecule has 0 aliphatic carbocycles. The summed E-state index contributed by atoms with van der Waals surface area (Å²) in [5.41, 5.74) is 18.7. The van der Waals surface area contributed by atoms with Crippen LogP contribution in [0.3, 0.4) is 0 Å². The van der Waals surface area contributed by atoms with Crippen molar-refractivity contribution in [1.29, 1.82) is 0 Å². The number of nitrogens with two attached hydrogens (primary N) is 3. The Morgan fingerprint density at radius 3 is 2.56 bits per heavy atom. The van der Waals surface area contributed by atoms with Gasteiger partial charge in [-0.25, -0.2) is 0 Å². The zero-order valence-electron chi connectivity index (χ0n) is 8.89. The van der Waals surface area contributed by atoms with Crippen LogP contribution in [0.1, 0.15) is 11.1 Å². The van der Waals surface area contributed by atoms with Crippen LogP contribution in [0.25, 0.3) is 5.70 Å². The molecule has 0 radical (unpaired) electrons. The SMILES string of the molecule is NC(N)=C/C=C(\N)c1cccc(CC=O)c1. The first-order valence-corrected chi connectivity index (χ1v) is 4.85. The lowest BCUT2D eigenvalue weighted by Crippen LogP contribution is -2.07. The summed E-state index contributed by atoms with van der Waals surface area (Å²) in [5.74, 6) is 0.201. The molecule has 0 aromatic heterocycles. The number of allylic oxidation sites excluding steroid dienone is 2. The first kappa shape index (κ1) is 11.8. The maximum absolute atomic E-state index is 10.4. The second kappa shape index (κ2) is 5.60. The third kappa shape index (κ3) is 3.49. The molecule has 0 aliphatic rings. The minimum atomic E-state index is 0.201. The van der Waals surface area contributed by atoms with E-state index in [0.29, 0.717) is 12.1 Å². The van der Waals surface area contributed by atoms with Crippen LogP contribution in [0, 0.1) is 0 Å². The van der Waals surface area contributed by atoms with Gasteiger partial charge in [0, 0.05) is 12.1 Å². The summed E-state index contributed by atoms with van der Waals surface area (Å²) in [6.45, 7) is 0. The van der Waals surface area contributed by atoms with Crippen LogP contribution in [0.4, 0.5) is 0 Å². The highest BCUT2D eigenvalue weighted by Gasteiger charge is 1.97. The van der Waals surface area contributed by atoms with Crippen molar-refractivity contribution in [2.45, 2.75) is 6.42 Å². The summed E-state index contributed by atoms with van der Waals surface area (Å²) < 4.78 is 0. The molecule has 4 nitrogen and oxygen atoms in total. The van der Waals surface area contributed by atoms with E-state index in [1.54, 1.807) is 6.08 Å². The lowest BCUT2D eigenvalue weighted by Gasteiger charge is -2.03. The fourth-order valence-electron chi connectivity index (χ4n) is 1.26. The molecule has 1 aromatic rings. The van der Waals surface area contributed by atoms with E-state index < -0.39 is 0 Å². The van der Waals surface area contributed by atoms with Gasteiger partial charge in [-0.05, 0) is 29.3 Å². The molecule has 84 valence electrons. The van der Waals surface area contributed by atoms with Crippen LogP contribution < -0.4 is 17.2 Å². The Kier molecular flexibility index (Phi) is 4.15. The molecule has 1 rings (SSSR count). The van der Waals surface area contributed by atoms with Crippen molar-refractivity contribution in [3.63, 3.8) is 0 Å². The molecule has 0 amide bonds. The van der Waals surface area contributed by atoms with Crippen LogP contribution in [0.2, 0.25) is 0 Å². The van der Waals surface area contributed by atoms with Crippen molar-refractivity contribution in [3.05, 3.63) is 53.4 Å². The van der Waals surface area contributed by atoms with Crippen molar-refractivity contribution in [2.75, 3.05) is 0 Å². The second-order valence-corrected chi connectivity index (χ2v) is 3.36. The van der Waals surface area contributed by atoms with Gasteiger partial charge in [-0.15, -0.1) is 0 Å². The van der Waals surface area contributed by atoms with Crippen LogP contribution in [0.15, 0.2) is 42.2 Å². The number of rotatable bonds is 4. The van der Waals surface area contributed by atoms with E-state index in [1.807, 2.05) is 24.3 Å². The van der Waals surface area contributed by atoms with E-state index in [2.05, 4.69) is 0 Å². The Balaban J connectivity index is 2.95. The van der Waals surface area contributed by atoms with E-state index in [1.165, 1.54) is 6.08 Å². The Bertz CT molecular complexity index is 432. The Morgan fingerprint density at radius 1 is 1.19 bits per heavy atom. The van der Waals surface area contributed by atoms with E-state index >= 15 is 0 Å². The molecule has 0 bridgehead atoms. The van der Waals surface area contributed by atoms with Crippen molar-refractivity contribution >= 4 is 12.0 Å². The zero-order valence-corrected chi connectivity index (χ0v) is 8.89. The maximum Gasteiger partial charge on any atom is 0.124 e. The first-order valence-electron chi connectivity index (χ1n) is 4.85. The number of hydrogen-bond acceptors (Lipinski definition) is 4. The molecule has 0 atom stereocenters. The quantitative estimate of drug-likeness (QED) is 0.505. The number of benzene rings is 1. The molecule has 4 heteroatoms. The summed E-state index contributed by atoms with van der Waals surface area (Å²) >= 11 is 0. The first-order chi connectivity index (χ1) is 7.63. The predicted octanol–water partition coefficient (Wildman–Crippen LogP) is 0.486. The number of carbonyl (C=O) groups is 1. The maximum atomic E-state index is 10.4. The zero-order chi connectivity index (χ0) is 12.0. The average Bonchev–Trinajstić information content (AvgIpc) is 2.26. The fourth-order valence-corrected chi connectivity index (χ4v) is 1.26. The van der Waals surface area contributed by atoms with Crippen molar-refractivity contribution in [1.82, 2.24) is 0 Å². The summed E-state index contributed by atoms with van der Waals surface area (Å²) in [6.07, 6.45) is 4.41. The molecule has 0 unspecified atom stereocenters. The highest BCUT2D eigenvalue weighted by atomic mass is 16.1. The van der Waals surface area contributed by atoms with Gasteiger partial charge in [0.1, 0.15) is 6.29 Å². The van der Waals surface area contributed by atoms with Gasteiger partial charge in [-0.1, -0.05) is 18.2 Å². The van der Waals surface area contributed by atoms with Gasteiger partial charge in [0.2, 0.25) is 0 Å². The molecule has 1 aromatic carbocycles. The summed E-state index contributed by atoms with van der Waals surface area (Å²) in [4.78, 5) is 10.4. The minimum absolute atomic E-state index is 0.201. The molecule has 16 heavy (non-hydrogen) atoms. The van der Waals surface area contributed by atoms with Gasteiger partial charge in [0.25, 0.3) is 0 Å². The minimum Gasteiger partial charge on any atom is -0.398 e. The standard InChI is InChI=1S/C12H15N3O/c13-11(4-5-12(14)15)10-3-1-2-9(8-10)6-7-16/h1-5,7-8H,6,13-15H2/b11-4-. The summed E-state index contributed by atoms with van der Waals surface area (Å²) in [5, 5.41) is 0. The summed E-state index contributed by atoms with van der Waals surface area (Å²) in [7, 11) is 0. The highest BCUT2D eigenvalue weighted by molar-refractivity contribution is 5.66. The number of hydrogen-bond donors (Lipinski definition) is 3. The fraction of sp³-hybridized carbons (Fsp3) is 0.0833. The third-order valence-corrected chi connectivity index (χ3v) is 2.03. The van der Waals surface area contributed by atoms with Crippen LogP contribution in [0.5, 0.6) is 0 Å². The number of carbonyl (C=O) groups excluding carboxylic acids is 1. The molecule has 0 fully saturated rings. The lowest BCUT2D eigenvalue weighted by molar-refractivity contribution is -0.107. The Hall–Kier alpha value is -2.23. The van der Waals surface area contributed by atoms with Crippen molar-refractivity contribution < 1.29 is 4.79 Å². The van der Waals surface area contributed by atoms with E-state index in [9.17, 15) is 4.79 Å². The van der Waals surface area contributed by atoms with Gasteiger partial charge in [0.05, 0.1) is 5.82 Å². The van der Waals surface area contributed by atoms with Gasteiger partial charge >= 0.3 is 0 Å². The van der Waals surface area contributed by atoms with Crippen LogP contribution in [-0.2, 0) is 11.2 Å². The number of aldehydes is 1. The monoisotopic (exact) mass is 217 g/mol. The van der Waals surface area contributed by atoms with Gasteiger partial charge in [-0.3, -0.25) is 0 Å². The average molecular weight is 217 g/mol. The van der Waals surface area contributed by atoms with E-state index in [-0.39, 0.29) is 5.82 Å².